The SMILES string of the molecule is CCC1CCN(S(=O)(=O)c2cc(C(=O)O)ccc2Cl)C1. The monoisotopic (exact) mass is 317 g/mol. The summed E-state index contributed by atoms with van der Waals surface area (Å²) < 4.78 is 26.5. The van der Waals surface area contributed by atoms with Gasteiger partial charge in [0.1, 0.15) is 4.90 Å². The topological polar surface area (TPSA) is 74.7 Å². The average molecular weight is 318 g/mol. The van der Waals surface area contributed by atoms with E-state index in [0.717, 1.165) is 18.9 Å². The third kappa shape index (κ3) is 2.82. The van der Waals surface area contributed by atoms with Crippen molar-refractivity contribution >= 4 is 27.6 Å². The molecule has 1 atom stereocenters. The highest BCUT2D eigenvalue weighted by Crippen LogP contribution is 2.30. The van der Waals surface area contributed by atoms with E-state index >= 15 is 0 Å². The number of carbonyl (C=O) groups is 1. The van der Waals surface area contributed by atoms with Crippen LogP contribution in [0.3, 0.4) is 0 Å². The number of hydrogen-bond donors (Lipinski definition) is 1. The fraction of sp³-hybridized carbons (Fsp3) is 0.462. The van der Waals surface area contributed by atoms with Crippen LogP contribution in [0.15, 0.2) is 23.1 Å². The highest BCUT2D eigenvalue weighted by Gasteiger charge is 2.33. The molecule has 0 aliphatic carbocycles. The van der Waals surface area contributed by atoms with Crippen molar-refractivity contribution in [3.8, 4) is 0 Å². The van der Waals surface area contributed by atoms with Crippen molar-refractivity contribution in [2.24, 2.45) is 5.92 Å². The lowest BCUT2D eigenvalue weighted by molar-refractivity contribution is 0.0696. The molecule has 1 unspecified atom stereocenters. The Labute approximate surface area is 123 Å². The molecular formula is C13H16ClNO4S. The Morgan fingerprint density at radius 1 is 1.50 bits per heavy atom. The Morgan fingerprint density at radius 3 is 2.75 bits per heavy atom. The van der Waals surface area contributed by atoms with Crippen LogP contribution in [0, 0.1) is 5.92 Å². The van der Waals surface area contributed by atoms with Gasteiger partial charge in [0, 0.05) is 13.1 Å². The van der Waals surface area contributed by atoms with Gasteiger partial charge in [-0.1, -0.05) is 24.9 Å². The molecule has 0 bridgehead atoms. The predicted octanol–water partition coefficient (Wildman–Crippen LogP) is 2.46. The van der Waals surface area contributed by atoms with Gasteiger partial charge in [0.15, 0.2) is 0 Å². The number of carboxylic acid groups (broad SMARTS) is 1. The van der Waals surface area contributed by atoms with E-state index < -0.39 is 16.0 Å². The molecule has 1 N–H and O–H groups in total. The van der Waals surface area contributed by atoms with E-state index in [9.17, 15) is 13.2 Å². The Morgan fingerprint density at radius 2 is 2.20 bits per heavy atom. The van der Waals surface area contributed by atoms with Crippen molar-refractivity contribution in [1.82, 2.24) is 4.31 Å². The van der Waals surface area contributed by atoms with E-state index in [1.165, 1.54) is 16.4 Å². The van der Waals surface area contributed by atoms with Crippen LogP contribution in [-0.2, 0) is 10.0 Å². The molecule has 1 fully saturated rings. The number of benzene rings is 1. The lowest BCUT2D eigenvalue weighted by Gasteiger charge is -2.17. The average Bonchev–Trinajstić information content (AvgIpc) is 2.88. The second kappa shape index (κ2) is 5.71. The summed E-state index contributed by atoms with van der Waals surface area (Å²) >= 11 is 5.94. The van der Waals surface area contributed by atoms with Gasteiger partial charge in [0.2, 0.25) is 10.0 Å². The van der Waals surface area contributed by atoms with Gasteiger partial charge in [-0.15, -0.1) is 0 Å². The Hall–Kier alpha value is -1.11. The first kappa shape index (κ1) is 15.3. The Kier molecular flexibility index (Phi) is 4.36. The van der Waals surface area contributed by atoms with E-state index in [-0.39, 0.29) is 15.5 Å². The summed E-state index contributed by atoms with van der Waals surface area (Å²) in [4.78, 5) is 10.8. The van der Waals surface area contributed by atoms with Gasteiger partial charge in [0.25, 0.3) is 0 Å². The fourth-order valence-corrected chi connectivity index (χ4v) is 4.35. The van der Waals surface area contributed by atoms with Gasteiger partial charge in [-0.25, -0.2) is 13.2 Å². The van der Waals surface area contributed by atoms with Crippen LogP contribution in [0.25, 0.3) is 0 Å². The van der Waals surface area contributed by atoms with Crippen molar-refractivity contribution in [2.75, 3.05) is 13.1 Å². The third-order valence-electron chi connectivity index (χ3n) is 3.62. The van der Waals surface area contributed by atoms with E-state index in [1.807, 2.05) is 6.92 Å². The van der Waals surface area contributed by atoms with Crippen LogP contribution >= 0.6 is 11.6 Å². The summed E-state index contributed by atoms with van der Waals surface area (Å²) in [5.41, 5.74) is -0.0841. The van der Waals surface area contributed by atoms with Gasteiger partial charge < -0.3 is 5.11 Å². The zero-order valence-corrected chi connectivity index (χ0v) is 12.6. The van der Waals surface area contributed by atoms with Crippen LogP contribution in [0.2, 0.25) is 5.02 Å². The summed E-state index contributed by atoms with van der Waals surface area (Å²) in [6, 6.07) is 3.73. The molecule has 0 aromatic heterocycles. The maximum atomic E-state index is 12.5. The molecule has 0 amide bonds. The van der Waals surface area contributed by atoms with Crippen LogP contribution in [0.4, 0.5) is 0 Å². The number of carboxylic acids is 1. The smallest absolute Gasteiger partial charge is 0.335 e. The number of sulfonamides is 1. The molecule has 20 heavy (non-hydrogen) atoms. The van der Waals surface area contributed by atoms with Crippen molar-refractivity contribution in [2.45, 2.75) is 24.7 Å². The molecule has 0 radical (unpaired) electrons. The molecule has 1 saturated heterocycles. The largest absolute Gasteiger partial charge is 0.478 e. The lowest BCUT2D eigenvalue weighted by atomic mass is 10.1. The maximum Gasteiger partial charge on any atom is 0.335 e. The molecule has 1 aromatic rings. The Bertz CT molecular complexity index is 629. The van der Waals surface area contributed by atoms with Gasteiger partial charge in [-0.3, -0.25) is 0 Å². The zero-order chi connectivity index (χ0) is 14.9. The van der Waals surface area contributed by atoms with E-state index in [0.29, 0.717) is 19.0 Å². The summed E-state index contributed by atoms with van der Waals surface area (Å²) in [6.45, 7) is 2.94. The number of halogens is 1. The summed E-state index contributed by atoms with van der Waals surface area (Å²) in [5, 5.41) is 9.01. The molecule has 1 aliphatic rings. The molecule has 0 spiro atoms. The molecule has 1 aliphatic heterocycles. The summed E-state index contributed by atoms with van der Waals surface area (Å²) in [6.07, 6.45) is 1.75. The summed E-state index contributed by atoms with van der Waals surface area (Å²) in [7, 11) is -3.73. The number of rotatable bonds is 4. The molecule has 7 heteroatoms. The summed E-state index contributed by atoms with van der Waals surface area (Å²) in [5.74, 6) is -0.822. The standard InChI is InChI=1S/C13H16ClNO4S/c1-2-9-5-6-15(8-9)20(18,19)12-7-10(13(16)17)3-4-11(12)14/h3-4,7,9H,2,5-6,8H2,1H3,(H,16,17). The second-order valence-corrected chi connectivity index (χ2v) is 7.19. The normalized spacial score (nSPS) is 20.2. The molecular weight excluding hydrogens is 302 g/mol. The van der Waals surface area contributed by atoms with Crippen LogP contribution in [-0.4, -0.2) is 36.9 Å². The fourth-order valence-electron chi connectivity index (χ4n) is 2.32. The molecule has 5 nitrogen and oxygen atoms in total. The van der Waals surface area contributed by atoms with E-state index in [4.69, 9.17) is 16.7 Å². The molecule has 1 heterocycles. The van der Waals surface area contributed by atoms with Crippen LogP contribution in [0.5, 0.6) is 0 Å². The minimum Gasteiger partial charge on any atom is -0.478 e. The molecule has 2 rings (SSSR count). The highest BCUT2D eigenvalue weighted by molar-refractivity contribution is 7.89. The first-order valence-corrected chi connectivity index (χ1v) is 8.21. The van der Waals surface area contributed by atoms with Crippen molar-refractivity contribution in [3.63, 3.8) is 0 Å². The first-order valence-electron chi connectivity index (χ1n) is 6.39. The van der Waals surface area contributed by atoms with Gasteiger partial charge in [0.05, 0.1) is 10.6 Å². The number of nitrogens with zero attached hydrogens (tertiary/aromatic N) is 1. The molecule has 0 saturated carbocycles. The van der Waals surface area contributed by atoms with E-state index in [1.54, 1.807) is 0 Å². The first-order chi connectivity index (χ1) is 9.36. The van der Waals surface area contributed by atoms with Crippen molar-refractivity contribution < 1.29 is 18.3 Å². The quantitative estimate of drug-likeness (QED) is 0.925. The predicted molar refractivity (Wildman–Crippen MR) is 75.6 cm³/mol. The molecule has 1 aromatic carbocycles. The minimum atomic E-state index is -3.73. The lowest BCUT2D eigenvalue weighted by Crippen LogP contribution is -2.29. The second-order valence-electron chi connectivity index (χ2n) is 4.88. The zero-order valence-electron chi connectivity index (χ0n) is 11.0. The maximum absolute atomic E-state index is 12.5. The van der Waals surface area contributed by atoms with Crippen molar-refractivity contribution in [3.05, 3.63) is 28.8 Å². The molecule has 110 valence electrons. The third-order valence-corrected chi connectivity index (χ3v) is 5.97. The van der Waals surface area contributed by atoms with Gasteiger partial charge >= 0.3 is 5.97 Å². The van der Waals surface area contributed by atoms with Crippen LogP contribution in [0.1, 0.15) is 30.1 Å². The minimum absolute atomic E-state index is 0.0509. The van der Waals surface area contributed by atoms with E-state index in [2.05, 4.69) is 0 Å². The van der Waals surface area contributed by atoms with Gasteiger partial charge in [-0.2, -0.15) is 4.31 Å². The van der Waals surface area contributed by atoms with Crippen LogP contribution < -0.4 is 0 Å². The van der Waals surface area contributed by atoms with Gasteiger partial charge in [-0.05, 0) is 30.5 Å². The Balaban J connectivity index is 2.39. The number of aromatic carboxylic acids is 1. The van der Waals surface area contributed by atoms with Crippen molar-refractivity contribution in [1.29, 1.82) is 0 Å². The number of hydrogen-bond acceptors (Lipinski definition) is 3. The highest BCUT2D eigenvalue weighted by atomic mass is 35.5.